The van der Waals surface area contributed by atoms with Gasteiger partial charge in [0.1, 0.15) is 5.01 Å². The van der Waals surface area contributed by atoms with Gasteiger partial charge in [-0.2, -0.15) is 4.37 Å². The predicted octanol–water partition coefficient (Wildman–Crippen LogP) is 4.42. The zero-order chi connectivity index (χ0) is 15.9. The van der Waals surface area contributed by atoms with Crippen LogP contribution in [0, 0.1) is 0 Å². The molecule has 0 saturated heterocycles. The zero-order valence-electron chi connectivity index (χ0n) is 12.8. The van der Waals surface area contributed by atoms with Crippen molar-refractivity contribution in [1.82, 2.24) is 9.36 Å². The number of hydrogen-bond donors (Lipinski definition) is 0. The van der Waals surface area contributed by atoms with E-state index in [1.54, 1.807) is 0 Å². The molecule has 0 N–H and O–H groups in total. The van der Waals surface area contributed by atoms with Crippen LogP contribution >= 0.6 is 27.5 Å². The van der Waals surface area contributed by atoms with Crippen molar-refractivity contribution in [2.75, 3.05) is 6.61 Å². The van der Waals surface area contributed by atoms with Crippen molar-refractivity contribution in [1.29, 1.82) is 0 Å². The van der Waals surface area contributed by atoms with Crippen molar-refractivity contribution in [3.8, 4) is 10.6 Å². The number of ether oxygens (including phenoxy) is 1. The van der Waals surface area contributed by atoms with Gasteiger partial charge in [-0.25, -0.2) is 4.98 Å². The molecule has 0 aliphatic carbocycles. The van der Waals surface area contributed by atoms with E-state index in [2.05, 4.69) is 44.3 Å². The second-order valence-corrected chi connectivity index (χ2v) is 6.29. The summed E-state index contributed by atoms with van der Waals surface area (Å²) in [5, 5.41) is 0.927. The van der Waals surface area contributed by atoms with Crippen molar-refractivity contribution in [3.63, 3.8) is 0 Å². The molecule has 0 bridgehead atoms. The Balaban J connectivity index is 2.13. The van der Waals surface area contributed by atoms with Gasteiger partial charge in [0.2, 0.25) is 4.73 Å². The number of halogens is 1. The lowest BCUT2D eigenvalue weighted by Gasteiger charge is -2.11. The smallest absolute Gasteiger partial charge is 0.305 e. The standard InChI is InChI=1S/C16H19BrN2O2S/c1-3-12-11(8-6-10-14(20)21-4-2)7-5-9-13(12)15-18-16(17)19-22-15/h5,7,9H,3-4,6,8,10H2,1-2H3. The van der Waals surface area contributed by atoms with E-state index in [1.165, 1.54) is 22.7 Å². The second kappa shape index (κ2) is 8.39. The molecule has 0 aliphatic rings. The lowest BCUT2D eigenvalue weighted by atomic mass is 9.95. The zero-order valence-corrected chi connectivity index (χ0v) is 15.2. The van der Waals surface area contributed by atoms with Gasteiger partial charge in [0, 0.05) is 12.0 Å². The molecule has 2 aromatic rings. The predicted molar refractivity (Wildman–Crippen MR) is 92.0 cm³/mol. The van der Waals surface area contributed by atoms with Crippen molar-refractivity contribution in [2.24, 2.45) is 0 Å². The van der Waals surface area contributed by atoms with Crippen LogP contribution in [-0.2, 0) is 22.4 Å². The maximum absolute atomic E-state index is 11.4. The summed E-state index contributed by atoms with van der Waals surface area (Å²) < 4.78 is 9.79. The molecule has 0 spiro atoms. The van der Waals surface area contributed by atoms with E-state index in [1.807, 2.05) is 13.0 Å². The van der Waals surface area contributed by atoms with Crippen LogP contribution < -0.4 is 0 Å². The fourth-order valence-electron chi connectivity index (χ4n) is 2.46. The Morgan fingerprint density at radius 1 is 1.36 bits per heavy atom. The number of rotatable bonds is 7. The Bertz CT molecular complexity index is 643. The van der Waals surface area contributed by atoms with Gasteiger partial charge in [-0.3, -0.25) is 4.79 Å². The maximum Gasteiger partial charge on any atom is 0.305 e. The highest BCUT2D eigenvalue weighted by Gasteiger charge is 2.13. The topological polar surface area (TPSA) is 52.1 Å². The molecule has 6 heteroatoms. The van der Waals surface area contributed by atoms with Crippen molar-refractivity contribution in [2.45, 2.75) is 39.5 Å². The first-order valence-electron chi connectivity index (χ1n) is 7.41. The van der Waals surface area contributed by atoms with Gasteiger partial charge < -0.3 is 4.74 Å². The minimum absolute atomic E-state index is 0.121. The van der Waals surface area contributed by atoms with Gasteiger partial charge in [-0.05, 0) is 64.8 Å². The number of aryl methyl sites for hydroxylation is 1. The van der Waals surface area contributed by atoms with Crippen molar-refractivity contribution in [3.05, 3.63) is 34.1 Å². The van der Waals surface area contributed by atoms with Crippen molar-refractivity contribution >= 4 is 33.4 Å². The number of carbonyl (C=O) groups is 1. The Labute approximate surface area is 143 Å². The van der Waals surface area contributed by atoms with E-state index < -0.39 is 0 Å². The Kier molecular flexibility index (Phi) is 6.51. The van der Waals surface area contributed by atoms with Gasteiger partial charge in [-0.1, -0.05) is 25.1 Å². The van der Waals surface area contributed by atoms with E-state index in [9.17, 15) is 4.79 Å². The summed E-state index contributed by atoms with van der Waals surface area (Å²) in [5.74, 6) is -0.121. The van der Waals surface area contributed by atoms with E-state index in [4.69, 9.17) is 4.74 Å². The SMILES string of the molecule is CCOC(=O)CCCc1cccc(-c2nc(Br)ns2)c1CC. The minimum Gasteiger partial charge on any atom is -0.466 e. The molecule has 0 amide bonds. The third-order valence-electron chi connectivity index (χ3n) is 3.39. The first-order chi connectivity index (χ1) is 10.7. The van der Waals surface area contributed by atoms with Crippen LogP contribution in [0.25, 0.3) is 10.6 Å². The summed E-state index contributed by atoms with van der Waals surface area (Å²) >= 11 is 4.70. The number of nitrogens with zero attached hydrogens (tertiary/aromatic N) is 2. The van der Waals surface area contributed by atoms with E-state index >= 15 is 0 Å². The summed E-state index contributed by atoms with van der Waals surface area (Å²) in [4.78, 5) is 15.8. The molecule has 1 aromatic carbocycles. The number of hydrogen-bond acceptors (Lipinski definition) is 5. The molecule has 118 valence electrons. The molecular weight excluding hydrogens is 364 g/mol. The Morgan fingerprint density at radius 3 is 2.82 bits per heavy atom. The molecule has 0 unspecified atom stereocenters. The third-order valence-corrected chi connectivity index (χ3v) is 4.73. The van der Waals surface area contributed by atoms with Crippen LogP contribution in [-0.4, -0.2) is 21.9 Å². The molecule has 4 nitrogen and oxygen atoms in total. The van der Waals surface area contributed by atoms with Crippen LogP contribution in [0.1, 0.15) is 37.8 Å². The maximum atomic E-state index is 11.4. The highest BCUT2D eigenvalue weighted by atomic mass is 79.9. The summed E-state index contributed by atoms with van der Waals surface area (Å²) in [6, 6.07) is 6.26. The van der Waals surface area contributed by atoms with Gasteiger partial charge in [0.25, 0.3) is 0 Å². The van der Waals surface area contributed by atoms with E-state index in [-0.39, 0.29) is 5.97 Å². The van der Waals surface area contributed by atoms with E-state index in [0.29, 0.717) is 17.8 Å². The largest absolute Gasteiger partial charge is 0.466 e. The number of carbonyl (C=O) groups excluding carboxylic acids is 1. The van der Waals surface area contributed by atoms with E-state index in [0.717, 1.165) is 29.8 Å². The molecule has 0 saturated carbocycles. The summed E-state index contributed by atoms with van der Waals surface area (Å²) in [7, 11) is 0. The van der Waals surface area contributed by atoms with Gasteiger partial charge in [0.05, 0.1) is 6.61 Å². The fourth-order valence-corrected chi connectivity index (χ4v) is 3.59. The molecular formula is C16H19BrN2O2S. The monoisotopic (exact) mass is 382 g/mol. The molecule has 0 radical (unpaired) electrons. The fraction of sp³-hybridized carbons (Fsp3) is 0.438. The highest BCUT2D eigenvalue weighted by Crippen LogP contribution is 2.30. The highest BCUT2D eigenvalue weighted by molar-refractivity contribution is 9.10. The molecule has 1 heterocycles. The number of benzene rings is 1. The van der Waals surface area contributed by atoms with Gasteiger partial charge in [-0.15, -0.1) is 0 Å². The summed E-state index contributed by atoms with van der Waals surface area (Å²) in [5.41, 5.74) is 3.70. The van der Waals surface area contributed by atoms with Crippen LogP contribution in [0.2, 0.25) is 0 Å². The summed E-state index contributed by atoms with van der Waals surface area (Å²) in [6.45, 7) is 4.42. The minimum atomic E-state index is -0.121. The average Bonchev–Trinajstić information content (AvgIpc) is 2.93. The quantitative estimate of drug-likeness (QED) is 0.665. The lowest BCUT2D eigenvalue weighted by Crippen LogP contribution is -2.05. The molecule has 2 rings (SSSR count). The van der Waals surface area contributed by atoms with Crippen LogP contribution in [0.3, 0.4) is 0 Å². The molecule has 0 fully saturated rings. The summed E-state index contributed by atoms with van der Waals surface area (Å²) in [6.07, 6.45) is 3.07. The van der Waals surface area contributed by atoms with Crippen LogP contribution in [0.5, 0.6) is 0 Å². The van der Waals surface area contributed by atoms with Gasteiger partial charge in [0.15, 0.2) is 0 Å². The first kappa shape index (κ1) is 17.1. The third kappa shape index (κ3) is 4.36. The number of aromatic nitrogens is 2. The lowest BCUT2D eigenvalue weighted by molar-refractivity contribution is -0.143. The molecule has 22 heavy (non-hydrogen) atoms. The molecule has 0 aliphatic heterocycles. The second-order valence-electron chi connectivity index (χ2n) is 4.82. The molecule has 1 aromatic heterocycles. The number of esters is 1. The Hall–Kier alpha value is -1.27. The molecule has 0 atom stereocenters. The average molecular weight is 383 g/mol. The Morgan fingerprint density at radius 2 is 2.18 bits per heavy atom. The van der Waals surface area contributed by atoms with Crippen molar-refractivity contribution < 1.29 is 9.53 Å². The first-order valence-corrected chi connectivity index (χ1v) is 8.98. The normalized spacial score (nSPS) is 10.7. The van der Waals surface area contributed by atoms with Crippen LogP contribution in [0.4, 0.5) is 0 Å². The van der Waals surface area contributed by atoms with Crippen LogP contribution in [0.15, 0.2) is 22.9 Å². The van der Waals surface area contributed by atoms with Gasteiger partial charge >= 0.3 is 5.97 Å².